The molecule has 0 bridgehead atoms. The number of nitrogens with zero attached hydrogens (tertiary/aromatic N) is 3. The standard InChI is InChI=1S/C12H14ClN5/c1-7-16-8(2)18(17-7)6-10-4-3-9(12(14)15)5-11(10)13/h3-5H,6H2,1-2H3,(H3,14,15). The lowest BCUT2D eigenvalue weighted by Crippen LogP contribution is -2.11. The first-order valence-corrected chi connectivity index (χ1v) is 5.86. The second-order valence-electron chi connectivity index (χ2n) is 4.08. The van der Waals surface area contributed by atoms with Crippen molar-refractivity contribution in [2.75, 3.05) is 0 Å². The number of aromatic nitrogens is 3. The van der Waals surface area contributed by atoms with E-state index in [0.717, 1.165) is 17.2 Å². The number of nitrogens with two attached hydrogens (primary N) is 1. The first kappa shape index (κ1) is 12.6. The van der Waals surface area contributed by atoms with Gasteiger partial charge in [0.05, 0.1) is 6.54 Å². The summed E-state index contributed by atoms with van der Waals surface area (Å²) in [4.78, 5) is 4.24. The van der Waals surface area contributed by atoms with E-state index in [9.17, 15) is 0 Å². The van der Waals surface area contributed by atoms with Gasteiger partial charge in [0.15, 0.2) is 0 Å². The van der Waals surface area contributed by atoms with Crippen molar-refractivity contribution in [1.82, 2.24) is 14.8 Å². The number of rotatable bonds is 3. The van der Waals surface area contributed by atoms with Gasteiger partial charge in [-0.05, 0) is 25.5 Å². The maximum atomic E-state index is 7.35. The molecule has 5 nitrogen and oxygen atoms in total. The molecule has 6 heteroatoms. The van der Waals surface area contributed by atoms with Crippen LogP contribution < -0.4 is 5.73 Å². The highest BCUT2D eigenvalue weighted by atomic mass is 35.5. The number of halogens is 1. The monoisotopic (exact) mass is 263 g/mol. The molecule has 94 valence electrons. The minimum atomic E-state index is 0.0104. The van der Waals surface area contributed by atoms with Crippen molar-refractivity contribution >= 4 is 17.4 Å². The molecule has 0 aliphatic carbocycles. The van der Waals surface area contributed by atoms with Gasteiger partial charge < -0.3 is 5.73 Å². The Hall–Kier alpha value is -1.88. The summed E-state index contributed by atoms with van der Waals surface area (Å²) in [6.07, 6.45) is 0. The molecule has 18 heavy (non-hydrogen) atoms. The van der Waals surface area contributed by atoms with E-state index in [2.05, 4.69) is 10.1 Å². The third-order valence-corrected chi connectivity index (χ3v) is 3.00. The molecule has 0 aliphatic heterocycles. The molecule has 0 unspecified atom stereocenters. The predicted molar refractivity (Wildman–Crippen MR) is 71.1 cm³/mol. The van der Waals surface area contributed by atoms with Crippen LogP contribution in [0.4, 0.5) is 0 Å². The Morgan fingerprint density at radius 1 is 1.44 bits per heavy atom. The summed E-state index contributed by atoms with van der Waals surface area (Å²) in [5.74, 6) is 1.60. The number of amidine groups is 1. The van der Waals surface area contributed by atoms with Crippen molar-refractivity contribution in [3.8, 4) is 0 Å². The summed E-state index contributed by atoms with van der Waals surface area (Å²) >= 11 is 6.17. The molecule has 0 saturated heterocycles. The van der Waals surface area contributed by atoms with Gasteiger partial charge in [0.2, 0.25) is 0 Å². The molecule has 0 fully saturated rings. The van der Waals surface area contributed by atoms with Crippen LogP contribution >= 0.6 is 11.6 Å². The molecule has 0 radical (unpaired) electrons. The van der Waals surface area contributed by atoms with Crippen LogP contribution in [0.5, 0.6) is 0 Å². The maximum absolute atomic E-state index is 7.35. The predicted octanol–water partition coefficient (Wildman–Crippen LogP) is 1.88. The van der Waals surface area contributed by atoms with Crippen LogP contribution in [0, 0.1) is 19.3 Å². The summed E-state index contributed by atoms with van der Waals surface area (Å²) < 4.78 is 1.80. The van der Waals surface area contributed by atoms with Gasteiger partial charge >= 0.3 is 0 Å². The van der Waals surface area contributed by atoms with E-state index < -0.39 is 0 Å². The molecule has 1 aromatic heterocycles. The number of hydrogen-bond donors (Lipinski definition) is 2. The Labute approximate surface area is 110 Å². The Kier molecular flexibility index (Phi) is 3.34. The highest BCUT2D eigenvalue weighted by molar-refractivity contribution is 6.31. The Morgan fingerprint density at radius 2 is 2.17 bits per heavy atom. The van der Waals surface area contributed by atoms with E-state index in [1.807, 2.05) is 19.9 Å². The topological polar surface area (TPSA) is 80.6 Å². The average molecular weight is 264 g/mol. The molecule has 0 amide bonds. The van der Waals surface area contributed by atoms with Gasteiger partial charge in [-0.2, -0.15) is 5.10 Å². The zero-order chi connectivity index (χ0) is 13.3. The first-order valence-electron chi connectivity index (χ1n) is 5.48. The zero-order valence-corrected chi connectivity index (χ0v) is 11.0. The number of benzene rings is 1. The van der Waals surface area contributed by atoms with Crippen molar-refractivity contribution in [1.29, 1.82) is 5.41 Å². The molecule has 3 N–H and O–H groups in total. The SMILES string of the molecule is Cc1nc(C)n(Cc2ccc(C(=N)N)cc2Cl)n1. The molecule has 2 rings (SSSR count). The van der Waals surface area contributed by atoms with Gasteiger partial charge in [0.1, 0.15) is 17.5 Å². The molecule has 0 atom stereocenters. The lowest BCUT2D eigenvalue weighted by molar-refractivity contribution is 0.656. The summed E-state index contributed by atoms with van der Waals surface area (Å²) in [6, 6.07) is 5.33. The van der Waals surface area contributed by atoms with E-state index >= 15 is 0 Å². The Bertz CT molecular complexity index is 603. The molecular formula is C12H14ClN5. The average Bonchev–Trinajstić information content (AvgIpc) is 2.60. The second kappa shape index (κ2) is 4.78. The summed E-state index contributed by atoms with van der Waals surface area (Å²) in [6.45, 7) is 4.31. The highest BCUT2D eigenvalue weighted by Gasteiger charge is 2.08. The largest absolute Gasteiger partial charge is 0.384 e. The minimum absolute atomic E-state index is 0.0104. The van der Waals surface area contributed by atoms with Gasteiger partial charge in [-0.15, -0.1) is 0 Å². The quantitative estimate of drug-likeness (QED) is 0.655. The van der Waals surface area contributed by atoms with E-state index in [-0.39, 0.29) is 5.84 Å². The summed E-state index contributed by atoms with van der Waals surface area (Å²) in [5, 5.41) is 12.2. The summed E-state index contributed by atoms with van der Waals surface area (Å²) in [7, 11) is 0. The number of nitrogens with one attached hydrogen (secondary N) is 1. The van der Waals surface area contributed by atoms with Gasteiger partial charge in [0.25, 0.3) is 0 Å². The van der Waals surface area contributed by atoms with Gasteiger partial charge in [-0.25, -0.2) is 9.67 Å². The minimum Gasteiger partial charge on any atom is -0.384 e. The fraction of sp³-hybridized carbons (Fsp3) is 0.250. The normalized spacial score (nSPS) is 10.6. The van der Waals surface area contributed by atoms with Crippen molar-refractivity contribution in [3.05, 3.63) is 46.0 Å². The molecule has 0 spiro atoms. The zero-order valence-electron chi connectivity index (χ0n) is 10.2. The smallest absolute Gasteiger partial charge is 0.147 e. The lowest BCUT2D eigenvalue weighted by atomic mass is 10.1. The summed E-state index contributed by atoms with van der Waals surface area (Å²) in [5.41, 5.74) is 6.96. The van der Waals surface area contributed by atoms with E-state index in [4.69, 9.17) is 22.7 Å². The molecule has 1 aromatic carbocycles. The van der Waals surface area contributed by atoms with Crippen LogP contribution in [0.2, 0.25) is 5.02 Å². The molecule has 2 aromatic rings. The van der Waals surface area contributed by atoms with Crippen LogP contribution in [0.25, 0.3) is 0 Å². The molecular weight excluding hydrogens is 250 g/mol. The van der Waals surface area contributed by atoms with Gasteiger partial charge in [-0.3, -0.25) is 5.41 Å². The molecule has 0 aliphatic rings. The third-order valence-electron chi connectivity index (χ3n) is 2.65. The fourth-order valence-corrected chi connectivity index (χ4v) is 1.96. The fourth-order valence-electron chi connectivity index (χ4n) is 1.72. The van der Waals surface area contributed by atoms with Gasteiger partial charge in [-0.1, -0.05) is 23.7 Å². The van der Waals surface area contributed by atoms with E-state index in [1.165, 1.54) is 0 Å². The molecule has 0 saturated carbocycles. The number of nitrogen functional groups attached to an aromatic ring is 1. The van der Waals surface area contributed by atoms with Crippen LogP contribution in [-0.4, -0.2) is 20.6 Å². The lowest BCUT2D eigenvalue weighted by Gasteiger charge is -2.07. The maximum Gasteiger partial charge on any atom is 0.147 e. The second-order valence-corrected chi connectivity index (χ2v) is 4.49. The van der Waals surface area contributed by atoms with E-state index in [0.29, 0.717) is 17.1 Å². The number of aryl methyl sites for hydroxylation is 2. The van der Waals surface area contributed by atoms with Crippen LogP contribution in [0.1, 0.15) is 22.8 Å². The van der Waals surface area contributed by atoms with Crippen LogP contribution in [0.15, 0.2) is 18.2 Å². The highest BCUT2D eigenvalue weighted by Crippen LogP contribution is 2.19. The third kappa shape index (κ3) is 2.51. The number of hydrogen-bond acceptors (Lipinski definition) is 3. The van der Waals surface area contributed by atoms with Crippen molar-refractivity contribution in [2.24, 2.45) is 5.73 Å². The Morgan fingerprint density at radius 3 is 2.67 bits per heavy atom. The van der Waals surface area contributed by atoms with E-state index in [1.54, 1.807) is 16.8 Å². The molecule has 1 heterocycles. The van der Waals surface area contributed by atoms with Gasteiger partial charge in [0, 0.05) is 10.6 Å². The van der Waals surface area contributed by atoms with Crippen molar-refractivity contribution < 1.29 is 0 Å². The Balaban J connectivity index is 2.30. The van der Waals surface area contributed by atoms with Crippen molar-refractivity contribution in [2.45, 2.75) is 20.4 Å². The van der Waals surface area contributed by atoms with Crippen LogP contribution in [-0.2, 0) is 6.54 Å². The van der Waals surface area contributed by atoms with Crippen molar-refractivity contribution in [3.63, 3.8) is 0 Å². The first-order chi connectivity index (χ1) is 8.47. The van der Waals surface area contributed by atoms with Crippen LogP contribution in [0.3, 0.4) is 0 Å².